The molecule has 0 radical (unpaired) electrons. The largest absolute Gasteiger partial charge is 0.390 e. The van der Waals surface area contributed by atoms with Crippen LogP contribution in [-0.2, 0) is 0 Å². The molecular formula is C10H20O. The molecule has 1 heteroatoms. The minimum absolute atomic E-state index is 0.227. The molecule has 0 saturated heterocycles. The zero-order valence-corrected chi connectivity index (χ0v) is 7.98. The summed E-state index contributed by atoms with van der Waals surface area (Å²) in [5.74, 6) is 0. The molecule has 1 N–H and O–H groups in total. The van der Waals surface area contributed by atoms with E-state index in [1.807, 2.05) is 13.8 Å². The fourth-order valence-electron chi connectivity index (χ4n) is 2.47. The van der Waals surface area contributed by atoms with Gasteiger partial charge in [-0.25, -0.2) is 0 Å². The molecule has 2 fully saturated rings. The Bertz CT molecular complexity index is 116. The van der Waals surface area contributed by atoms with Crippen LogP contribution in [0.4, 0.5) is 0 Å². The highest BCUT2D eigenvalue weighted by atomic mass is 16.3. The van der Waals surface area contributed by atoms with E-state index in [9.17, 15) is 5.11 Å². The van der Waals surface area contributed by atoms with E-state index in [-0.39, 0.29) is 5.60 Å². The molecule has 0 amide bonds. The molecule has 0 aromatic carbocycles. The van der Waals surface area contributed by atoms with Crippen LogP contribution < -0.4 is 0 Å². The molecule has 11 heavy (non-hydrogen) atoms. The van der Waals surface area contributed by atoms with Crippen LogP contribution in [0, 0.1) is 5.41 Å². The van der Waals surface area contributed by atoms with Crippen LogP contribution in [-0.4, -0.2) is 10.7 Å². The van der Waals surface area contributed by atoms with Gasteiger partial charge in [-0.1, -0.05) is 20.8 Å². The summed E-state index contributed by atoms with van der Waals surface area (Å²) in [5.41, 5.74) is 0.295. The summed E-state index contributed by atoms with van der Waals surface area (Å²) < 4.78 is 0. The highest BCUT2D eigenvalue weighted by molar-refractivity contribution is 5.02. The molecule has 0 atom stereocenters. The Hall–Kier alpha value is -0.0400. The van der Waals surface area contributed by atoms with Crippen molar-refractivity contribution in [3.8, 4) is 0 Å². The maximum atomic E-state index is 9.71. The van der Waals surface area contributed by atoms with Gasteiger partial charge in [0.05, 0.1) is 5.60 Å². The summed E-state index contributed by atoms with van der Waals surface area (Å²) in [4.78, 5) is 0. The van der Waals surface area contributed by atoms with Crippen LogP contribution in [0.2, 0.25) is 0 Å². The number of hydrogen-bond acceptors (Lipinski definition) is 1. The SMILES string of the molecule is CC.CC12CCC(O)(CC1)C2. The van der Waals surface area contributed by atoms with Gasteiger partial charge in [-0.15, -0.1) is 0 Å². The van der Waals surface area contributed by atoms with Crippen LogP contribution in [0.5, 0.6) is 0 Å². The Morgan fingerprint density at radius 1 is 1.00 bits per heavy atom. The number of fused-ring (bicyclic) bond motifs is 2. The smallest absolute Gasteiger partial charge is 0.0653 e. The van der Waals surface area contributed by atoms with Crippen LogP contribution in [0.15, 0.2) is 0 Å². The molecule has 2 saturated carbocycles. The lowest BCUT2D eigenvalue weighted by atomic mass is 9.87. The zero-order chi connectivity index (χ0) is 8.54. The average Bonchev–Trinajstić information content (AvgIpc) is 2.44. The van der Waals surface area contributed by atoms with Gasteiger partial charge < -0.3 is 5.11 Å². The van der Waals surface area contributed by atoms with Crippen LogP contribution in [0.3, 0.4) is 0 Å². The van der Waals surface area contributed by atoms with Gasteiger partial charge in [-0.05, 0) is 37.5 Å². The first-order chi connectivity index (χ1) is 5.12. The van der Waals surface area contributed by atoms with Crippen molar-refractivity contribution in [1.29, 1.82) is 0 Å². The maximum Gasteiger partial charge on any atom is 0.0653 e. The van der Waals surface area contributed by atoms with Gasteiger partial charge in [0.2, 0.25) is 0 Å². The van der Waals surface area contributed by atoms with Crippen molar-refractivity contribution in [2.45, 2.75) is 58.5 Å². The molecule has 2 bridgehead atoms. The third-order valence-electron chi connectivity index (χ3n) is 3.14. The molecule has 0 heterocycles. The molecule has 66 valence electrons. The number of rotatable bonds is 0. The Morgan fingerprint density at radius 3 is 1.55 bits per heavy atom. The van der Waals surface area contributed by atoms with E-state index in [2.05, 4.69) is 6.92 Å². The minimum atomic E-state index is -0.227. The summed E-state index contributed by atoms with van der Waals surface area (Å²) >= 11 is 0. The van der Waals surface area contributed by atoms with E-state index in [1.165, 1.54) is 12.8 Å². The first-order valence-corrected chi connectivity index (χ1v) is 4.84. The van der Waals surface area contributed by atoms with Crippen molar-refractivity contribution in [3.63, 3.8) is 0 Å². The topological polar surface area (TPSA) is 20.2 Å². The van der Waals surface area contributed by atoms with Gasteiger partial charge in [0.15, 0.2) is 0 Å². The quantitative estimate of drug-likeness (QED) is 0.571. The number of aliphatic hydroxyl groups is 1. The predicted molar refractivity (Wildman–Crippen MR) is 47.5 cm³/mol. The molecule has 0 aliphatic heterocycles. The van der Waals surface area contributed by atoms with E-state index in [0.717, 1.165) is 19.3 Å². The van der Waals surface area contributed by atoms with Crippen molar-refractivity contribution < 1.29 is 5.11 Å². The highest BCUT2D eigenvalue weighted by Gasteiger charge is 2.50. The van der Waals surface area contributed by atoms with Crippen molar-refractivity contribution in [1.82, 2.24) is 0 Å². The lowest BCUT2D eigenvalue weighted by molar-refractivity contribution is 0.0521. The van der Waals surface area contributed by atoms with Gasteiger partial charge in [0.25, 0.3) is 0 Å². The van der Waals surface area contributed by atoms with Crippen LogP contribution >= 0.6 is 0 Å². The van der Waals surface area contributed by atoms with Crippen LogP contribution in [0.1, 0.15) is 52.9 Å². The summed E-state index contributed by atoms with van der Waals surface area (Å²) in [6.45, 7) is 6.30. The third kappa shape index (κ3) is 1.58. The molecule has 0 unspecified atom stereocenters. The second-order valence-electron chi connectivity index (χ2n) is 4.21. The second kappa shape index (κ2) is 2.78. The van der Waals surface area contributed by atoms with Gasteiger partial charge in [-0.2, -0.15) is 0 Å². The monoisotopic (exact) mass is 156 g/mol. The summed E-state index contributed by atoms with van der Waals surface area (Å²) in [6.07, 6.45) is 5.69. The van der Waals surface area contributed by atoms with E-state index >= 15 is 0 Å². The molecule has 1 nitrogen and oxygen atoms in total. The first-order valence-electron chi connectivity index (χ1n) is 4.84. The van der Waals surface area contributed by atoms with E-state index in [0.29, 0.717) is 5.41 Å². The van der Waals surface area contributed by atoms with Crippen molar-refractivity contribution >= 4 is 0 Å². The molecule has 0 spiro atoms. The Morgan fingerprint density at radius 2 is 1.45 bits per heavy atom. The molecule has 2 rings (SSSR count). The summed E-state index contributed by atoms with van der Waals surface area (Å²) in [6, 6.07) is 0. The van der Waals surface area contributed by atoms with Gasteiger partial charge in [0, 0.05) is 0 Å². The highest BCUT2D eigenvalue weighted by Crippen LogP contribution is 2.55. The average molecular weight is 156 g/mol. The standard InChI is InChI=1S/C8H14O.C2H6/c1-7-2-4-8(9,6-7)5-3-7;1-2/h9H,2-6H2,1H3;1-2H3. The molecule has 0 aromatic heterocycles. The predicted octanol–water partition coefficient (Wildman–Crippen LogP) is 2.73. The Kier molecular flexibility index (Phi) is 2.29. The number of hydrogen-bond donors (Lipinski definition) is 1. The fourth-order valence-corrected chi connectivity index (χ4v) is 2.47. The molecule has 2 aliphatic rings. The van der Waals surface area contributed by atoms with Gasteiger partial charge in [-0.3, -0.25) is 0 Å². The zero-order valence-electron chi connectivity index (χ0n) is 7.98. The molecule has 0 aromatic rings. The van der Waals surface area contributed by atoms with Crippen molar-refractivity contribution in [2.75, 3.05) is 0 Å². The lowest BCUT2D eigenvalue weighted by Gasteiger charge is -2.20. The first kappa shape index (κ1) is 9.05. The van der Waals surface area contributed by atoms with E-state index in [1.54, 1.807) is 0 Å². The summed E-state index contributed by atoms with van der Waals surface area (Å²) in [5, 5.41) is 9.71. The summed E-state index contributed by atoms with van der Waals surface area (Å²) in [7, 11) is 0. The van der Waals surface area contributed by atoms with Crippen molar-refractivity contribution in [3.05, 3.63) is 0 Å². The van der Waals surface area contributed by atoms with Crippen LogP contribution in [0.25, 0.3) is 0 Å². The maximum absolute atomic E-state index is 9.71. The van der Waals surface area contributed by atoms with E-state index in [4.69, 9.17) is 0 Å². The third-order valence-corrected chi connectivity index (χ3v) is 3.14. The normalized spacial score (nSPS) is 46.9. The molecule has 2 aliphatic carbocycles. The molecular weight excluding hydrogens is 136 g/mol. The Balaban J connectivity index is 0.000000281. The van der Waals surface area contributed by atoms with Crippen molar-refractivity contribution in [2.24, 2.45) is 5.41 Å². The second-order valence-corrected chi connectivity index (χ2v) is 4.21. The minimum Gasteiger partial charge on any atom is -0.390 e. The lowest BCUT2D eigenvalue weighted by Crippen LogP contribution is -2.20. The Labute approximate surface area is 69.8 Å². The van der Waals surface area contributed by atoms with Gasteiger partial charge >= 0.3 is 0 Å². The van der Waals surface area contributed by atoms with Gasteiger partial charge in [0.1, 0.15) is 0 Å². The fraction of sp³-hybridized carbons (Fsp3) is 1.00. The van der Waals surface area contributed by atoms with E-state index < -0.39 is 0 Å².